The third-order valence-corrected chi connectivity index (χ3v) is 4.64. The van der Waals surface area contributed by atoms with Crippen molar-refractivity contribution in [2.75, 3.05) is 7.11 Å². The number of hydrogen-bond donors (Lipinski definition) is 0. The molecule has 1 saturated carbocycles. The third kappa shape index (κ3) is 4.79. The van der Waals surface area contributed by atoms with E-state index in [-0.39, 0.29) is 0 Å². The number of methoxy groups -OCH3 is 1. The molecule has 0 bridgehead atoms. The van der Waals surface area contributed by atoms with Crippen LogP contribution in [-0.2, 0) is 17.8 Å². The van der Waals surface area contributed by atoms with Crippen LogP contribution in [-0.4, -0.2) is 7.11 Å². The molecule has 1 aliphatic carbocycles. The first kappa shape index (κ1) is 15.3. The Morgan fingerprint density at radius 1 is 1.05 bits per heavy atom. The van der Waals surface area contributed by atoms with Crippen molar-refractivity contribution in [3.05, 3.63) is 48.0 Å². The van der Waals surface area contributed by atoms with Crippen LogP contribution >= 0.6 is 0 Å². The second-order valence-corrected chi connectivity index (χ2v) is 6.20. The highest BCUT2D eigenvalue weighted by Gasteiger charge is 2.19. The molecule has 1 nitrogen and oxygen atoms in total. The van der Waals surface area contributed by atoms with Crippen molar-refractivity contribution in [3.8, 4) is 0 Å². The normalized spacial score (nSPS) is 22.6. The van der Waals surface area contributed by atoms with Gasteiger partial charge in [0.25, 0.3) is 0 Å². The Labute approximate surface area is 124 Å². The first-order chi connectivity index (χ1) is 9.81. The molecule has 0 aromatic heterocycles. The average Bonchev–Trinajstić information content (AvgIpc) is 2.49. The molecule has 0 atom stereocenters. The Hall–Kier alpha value is -1.08. The second kappa shape index (κ2) is 8.26. The number of rotatable bonds is 7. The zero-order chi connectivity index (χ0) is 14.2. The van der Waals surface area contributed by atoms with Gasteiger partial charge < -0.3 is 4.74 Å². The topological polar surface area (TPSA) is 9.23 Å². The van der Waals surface area contributed by atoms with Gasteiger partial charge in [-0.25, -0.2) is 0 Å². The maximum Gasteiger partial charge on any atom is 0.0713 e. The van der Waals surface area contributed by atoms with Crippen LogP contribution in [0, 0.1) is 11.8 Å². The van der Waals surface area contributed by atoms with Gasteiger partial charge in [-0.1, -0.05) is 43.2 Å². The highest BCUT2D eigenvalue weighted by molar-refractivity contribution is 5.22. The largest absolute Gasteiger partial charge is 0.380 e. The fourth-order valence-corrected chi connectivity index (χ4v) is 3.33. The van der Waals surface area contributed by atoms with Crippen LogP contribution in [0.5, 0.6) is 0 Å². The number of aryl methyl sites for hydroxylation is 1. The van der Waals surface area contributed by atoms with Crippen LogP contribution in [0.4, 0.5) is 0 Å². The molecule has 2 rings (SSSR count). The molecule has 110 valence electrons. The quantitative estimate of drug-likeness (QED) is 0.624. The Bertz CT molecular complexity index is 385. The van der Waals surface area contributed by atoms with Crippen LogP contribution < -0.4 is 0 Å². The minimum absolute atomic E-state index is 0.716. The van der Waals surface area contributed by atoms with Crippen molar-refractivity contribution in [3.63, 3.8) is 0 Å². The monoisotopic (exact) mass is 272 g/mol. The van der Waals surface area contributed by atoms with Crippen LogP contribution in [0.15, 0.2) is 36.9 Å². The number of allylic oxidation sites excluding steroid dienone is 1. The fourth-order valence-electron chi connectivity index (χ4n) is 3.33. The first-order valence-electron chi connectivity index (χ1n) is 7.99. The van der Waals surface area contributed by atoms with E-state index < -0.39 is 0 Å². The Balaban J connectivity index is 1.71. The molecule has 1 aromatic carbocycles. The molecule has 20 heavy (non-hydrogen) atoms. The predicted molar refractivity (Wildman–Crippen MR) is 85.7 cm³/mol. The molecule has 1 aliphatic rings. The molecule has 0 spiro atoms. The van der Waals surface area contributed by atoms with Crippen molar-refractivity contribution >= 4 is 0 Å². The molecule has 0 saturated heterocycles. The molecule has 0 heterocycles. The zero-order valence-corrected chi connectivity index (χ0v) is 12.8. The van der Waals surface area contributed by atoms with Crippen LogP contribution in [0.1, 0.15) is 49.7 Å². The van der Waals surface area contributed by atoms with Crippen molar-refractivity contribution in [1.29, 1.82) is 0 Å². The molecule has 0 radical (unpaired) electrons. The van der Waals surface area contributed by atoms with E-state index in [1.165, 1.54) is 56.1 Å². The van der Waals surface area contributed by atoms with Crippen molar-refractivity contribution in [2.45, 2.75) is 51.6 Å². The minimum Gasteiger partial charge on any atom is -0.380 e. The van der Waals surface area contributed by atoms with Crippen LogP contribution in [0.3, 0.4) is 0 Å². The van der Waals surface area contributed by atoms with E-state index in [2.05, 4.69) is 36.9 Å². The molecular weight excluding hydrogens is 244 g/mol. The lowest BCUT2D eigenvalue weighted by Crippen LogP contribution is -2.14. The van der Waals surface area contributed by atoms with E-state index in [0.29, 0.717) is 6.61 Å². The summed E-state index contributed by atoms with van der Waals surface area (Å²) in [7, 11) is 1.75. The standard InChI is InChI=1S/C19H28O/c1-3-4-16-5-7-17(8-6-16)9-10-18-11-13-19(14-12-18)15-20-2/h3,11-14,16-17H,1,4-10,15H2,2H3/t16-,17-. The lowest BCUT2D eigenvalue weighted by molar-refractivity contribution is 0.185. The number of benzene rings is 1. The van der Waals surface area contributed by atoms with Gasteiger partial charge in [-0.3, -0.25) is 0 Å². The minimum atomic E-state index is 0.716. The number of ether oxygens (including phenoxy) is 1. The lowest BCUT2D eigenvalue weighted by Gasteiger charge is -2.27. The van der Waals surface area contributed by atoms with E-state index in [4.69, 9.17) is 4.74 Å². The molecule has 0 amide bonds. The maximum atomic E-state index is 5.15. The summed E-state index contributed by atoms with van der Waals surface area (Å²) in [6, 6.07) is 8.91. The Morgan fingerprint density at radius 2 is 1.65 bits per heavy atom. The van der Waals surface area contributed by atoms with Crippen molar-refractivity contribution < 1.29 is 4.74 Å². The average molecular weight is 272 g/mol. The van der Waals surface area contributed by atoms with Gasteiger partial charge in [0, 0.05) is 7.11 Å². The summed E-state index contributed by atoms with van der Waals surface area (Å²) in [6.45, 7) is 4.58. The predicted octanol–water partition coefficient (Wildman–Crippen LogP) is 5.15. The highest BCUT2D eigenvalue weighted by Crippen LogP contribution is 2.33. The van der Waals surface area contributed by atoms with Gasteiger partial charge in [-0.05, 0) is 55.1 Å². The van der Waals surface area contributed by atoms with Crippen LogP contribution in [0.25, 0.3) is 0 Å². The van der Waals surface area contributed by atoms with Gasteiger partial charge in [0.2, 0.25) is 0 Å². The van der Waals surface area contributed by atoms with Gasteiger partial charge >= 0.3 is 0 Å². The Morgan fingerprint density at radius 3 is 2.25 bits per heavy atom. The molecule has 0 aliphatic heterocycles. The first-order valence-corrected chi connectivity index (χ1v) is 7.99. The van der Waals surface area contributed by atoms with Crippen molar-refractivity contribution in [2.24, 2.45) is 11.8 Å². The molecule has 1 heteroatoms. The molecule has 0 unspecified atom stereocenters. The summed E-state index contributed by atoms with van der Waals surface area (Å²) in [6.07, 6.45) is 11.5. The SMILES string of the molecule is C=CC[C@H]1CC[C@H](CCc2ccc(COC)cc2)CC1. The van der Waals surface area contributed by atoms with E-state index in [0.717, 1.165) is 11.8 Å². The van der Waals surface area contributed by atoms with Gasteiger partial charge in [0.1, 0.15) is 0 Å². The molecule has 1 fully saturated rings. The summed E-state index contributed by atoms with van der Waals surface area (Å²) in [5.74, 6) is 1.85. The molecule has 0 N–H and O–H groups in total. The van der Waals surface area contributed by atoms with Gasteiger partial charge in [0.15, 0.2) is 0 Å². The lowest BCUT2D eigenvalue weighted by atomic mass is 9.78. The van der Waals surface area contributed by atoms with E-state index >= 15 is 0 Å². The summed E-state index contributed by atoms with van der Waals surface area (Å²) in [5.41, 5.74) is 2.74. The van der Waals surface area contributed by atoms with E-state index in [1.54, 1.807) is 7.11 Å². The third-order valence-electron chi connectivity index (χ3n) is 4.64. The fraction of sp³-hybridized carbons (Fsp3) is 0.579. The highest BCUT2D eigenvalue weighted by atomic mass is 16.5. The summed E-state index contributed by atoms with van der Waals surface area (Å²) >= 11 is 0. The van der Waals surface area contributed by atoms with Gasteiger partial charge in [-0.15, -0.1) is 6.58 Å². The summed E-state index contributed by atoms with van der Waals surface area (Å²) in [4.78, 5) is 0. The van der Waals surface area contributed by atoms with Gasteiger partial charge in [-0.2, -0.15) is 0 Å². The molecule has 1 aromatic rings. The Kier molecular flexibility index (Phi) is 6.32. The zero-order valence-electron chi connectivity index (χ0n) is 12.8. The summed E-state index contributed by atoms with van der Waals surface area (Å²) < 4.78 is 5.15. The van der Waals surface area contributed by atoms with Gasteiger partial charge in [0.05, 0.1) is 6.61 Å². The smallest absolute Gasteiger partial charge is 0.0713 e. The van der Waals surface area contributed by atoms with Crippen molar-refractivity contribution in [1.82, 2.24) is 0 Å². The maximum absolute atomic E-state index is 5.15. The molecular formula is C19H28O. The summed E-state index contributed by atoms with van der Waals surface area (Å²) in [5, 5.41) is 0. The second-order valence-electron chi connectivity index (χ2n) is 6.20. The van der Waals surface area contributed by atoms with E-state index in [9.17, 15) is 0 Å². The van der Waals surface area contributed by atoms with Crippen LogP contribution in [0.2, 0.25) is 0 Å². The number of hydrogen-bond acceptors (Lipinski definition) is 1. The van der Waals surface area contributed by atoms with E-state index in [1.807, 2.05) is 0 Å².